The van der Waals surface area contributed by atoms with Crippen molar-refractivity contribution in [2.75, 3.05) is 19.8 Å². The van der Waals surface area contributed by atoms with Crippen molar-refractivity contribution in [3.05, 3.63) is 97.1 Å². The lowest BCUT2D eigenvalue weighted by atomic mass is 9.70. The predicted molar refractivity (Wildman–Crippen MR) is 195 cm³/mol. The summed E-state index contributed by atoms with van der Waals surface area (Å²) in [5, 5.41) is 14.0. The number of aliphatic hydroxyl groups is 1. The molecule has 3 heterocycles. The van der Waals surface area contributed by atoms with E-state index in [4.69, 9.17) is 9.47 Å². The number of nitrogens with one attached hydrogen (secondary N) is 1. The lowest BCUT2D eigenvalue weighted by molar-refractivity contribution is -0.153. The van der Waals surface area contributed by atoms with Gasteiger partial charge in [-0.1, -0.05) is 108 Å². The Morgan fingerprint density at radius 3 is 2.33 bits per heavy atom. The maximum Gasteiger partial charge on any atom is 0.306 e. The first-order valence-electron chi connectivity index (χ1n) is 18.1. The Bertz CT molecular complexity index is 1580. The van der Waals surface area contributed by atoms with Crippen molar-refractivity contribution < 1.29 is 33.8 Å². The first kappa shape index (κ1) is 37.0. The van der Waals surface area contributed by atoms with E-state index >= 15 is 4.79 Å². The van der Waals surface area contributed by atoms with Crippen LogP contribution in [0.25, 0.3) is 0 Å². The molecule has 6 rings (SSSR count). The second kappa shape index (κ2) is 16.3. The first-order chi connectivity index (χ1) is 24.7. The third kappa shape index (κ3) is 7.17. The van der Waals surface area contributed by atoms with Crippen LogP contribution in [-0.2, 0) is 28.7 Å². The van der Waals surface area contributed by atoms with Crippen LogP contribution in [-0.4, -0.2) is 87.0 Å². The van der Waals surface area contributed by atoms with E-state index in [1.165, 1.54) is 4.90 Å². The summed E-state index contributed by atoms with van der Waals surface area (Å²) >= 11 is 3.78. The van der Waals surface area contributed by atoms with E-state index in [-0.39, 0.29) is 29.8 Å². The van der Waals surface area contributed by atoms with Gasteiger partial charge in [-0.15, -0.1) is 13.2 Å². The van der Waals surface area contributed by atoms with Gasteiger partial charge in [0.15, 0.2) is 0 Å². The average molecular weight is 763 g/mol. The Kier molecular flexibility index (Phi) is 11.8. The molecule has 1 unspecified atom stereocenters. The van der Waals surface area contributed by atoms with Crippen molar-refractivity contribution in [1.82, 2.24) is 15.1 Å². The second-order valence-electron chi connectivity index (χ2n) is 14.1. The van der Waals surface area contributed by atoms with E-state index in [1.807, 2.05) is 65.6 Å². The van der Waals surface area contributed by atoms with E-state index in [0.717, 1.165) is 37.7 Å². The fourth-order valence-electron chi connectivity index (χ4n) is 8.76. The number of fused-ring (bicyclic) bond motifs is 1. The molecule has 2 aromatic rings. The minimum absolute atomic E-state index is 0.0146. The predicted octanol–water partition coefficient (Wildman–Crippen LogP) is 5.18. The van der Waals surface area contributed by atoms with Crippen LogP contribution < -0.4 is 5.32 Å². The van der Waals surface area contributed by atoms with Crippen molar-refractivity contribution in [3.63, 3.8) is 0 Å². The molecule has 0 radical (unpaired) electrons. The lowest BCUT2D eigenvalue weighted by Gasteiger charge is -2.42. The molecule has 11 heteroatoms. The van der Waals surface area contributed by atoms with Crippen LogP contribution >= 0.6 is 15.9 Å². The Morgan fingerprint density at radius 2 is 1.71 bits per heavy atom. The monoisotopic (exact) mass is 761 g/mol. The number of nitrogens with zero attached hydrogens (tertiary/aromatic N) is 2. The van der Waals surface area contributed by atoms with Crippen LogP contribution in [0.5, 0.6) is 0 Å². The molecule has 3 saturated heterocycles. The topological polar surface area (TPSA) is 125 Å². The number of halogens is 1. The highest BCUT2D eigenvalue weighted by Crippen LogP contribution is 2.61. The molecular weight excluding hydrogens is 714 g/mol. The minimum atomic E-state index is -1.31. The molecule has 51 heavy (non-hydrogen) atoms. The van der Waals surface area contributed by atoms with Gasteiger partial charge in [0.05, 0.1) is 36.6 Å². The van der Waals surface area contributed by atoms with E-state index in [2.05, 4.69) is 34.4 Å². The second-order valence-corrected chi connectivity index (χ2v) is 15.2. The highest BCUT2D eigenvalue weighted by atomic mass is 79.9. The minimum Gasteiger partial charge on any atom is -0.463 e. The van der Waals surface area contributed by atoms with E-state index in [1.54, 1.807) is 12.2 Å². The van der Waals surface area contributed by atoms with Crippen LogP contribution in [0, 0.1) is 11.8 Å². The van der Waals surface area contributed by atoms with Gasteiger partial charge in [-0.25, -0.2) is 0 Å². The number of hydrogen-bond donors (Lipinski definition) is 2. The Morgan fingerprint density at radius 1 is 1.04 bits per heavy atom. The number of ether oxygens (including phenoxy) is 2. The number of alkyl halides is 1. The van der Waals surface area contributed by atoms with Crippen molar-refractivity contribution in [3.8, 4) is 0 Å². The van der Waals surface area contributed by atoms with Gasteiger partial charge in [0.1, 0.15) is 18.2 Å². The maximum atomic E-state index is 15.1. The molecule has 10 nitrogen and oxygen atoms in total. The van der Waals surface area contributed by atoms with Gasteiger partial charge in [-0.05, 0) is 36.8 Å². The largest absolute Gasteiger partial charge is 0.463 e. The van der Waals surface area contributed by atoms with E-state index in [9.17, 15) is 19.5 Å². The Balaban J connectivity index is 1.37. The fraction of sp³-hybridized carbons (Fsp3) is 0.500. The number of allylic oxidation sites excluding steroid dienone is 1. The number of esters is 1. The molecule has 272 valence electrons. The molecule has 4 aliphatic rings. The molecule has 3 amide bonds. The van der Waals surface area contributed by atoms with Crippen molar-refractivity contribution in [2.45, 2.75) is 92.1 Å². The molecule has 2 N–H and O–H groups in total. The third-order valence-electron chi connectivity index (χ3n) is 11.1. The number of carbonyl (C=O) groups is 4. The SMILES string of the molecule is C=CCCC(=O)OC[C@H](NC(=O)[C@H]1[C@@H]2O[C@@]3(CC2Br)[C@@H]1C(=O)N([C@H](CO)c1ccccc1)[C@@H]3C(=O)N(CC=C)C1CCCCC1)c1ccccc1. The van der Waals surface area contributed by atoms with Gasteiger partial charge in [0.2, 0.25) is 17.7 Å². The summed E-state index contributed by atoms with van der Waals surface area (Å²) in [5.74, 6) is -3.41. The summed E-state index contributed by atoms with van der Waals surface area (Å²) < 4.78 is 12.4. The van der Waals surface area contributed by atoms with Gasteiger partial charge < -0.3 is 29.7 Å². The number of likely N-dealkylation sites (tertiary alicyclic amines) is 1. The zero-order valence-electron chi connectivity index (χ0n) is 28.9. The molecule has 1 spiro atoms. The summed E-state index contributed by atoms with van der Waals surface area (Å²) in [7, 11) is 0. The maximum absolute atomic E-state index is 15.1. The average Bonchev–Trinajstić information content (AvgIpc) is 3.75. The van der Waals surface area contributed by atoms with Crippen molar-refractivity contribution >= 4 is 39.6 Å². The molecule has 2 bridgehead atoms. The molecular formula is C40H48BrN3O7. The zero-order valence-corrected chi connectivity index (χ0v) is 30.5. The highest BCUT2D eigenvalue weighted by molar-refractivity contribution is 9.09. The smallest absolute Gasteiger partial charge is 0.306 e. The van der Waals surface area contributed by atoms with Gasteiger partial charge in [0, 0.05) is 23.8 Å². The summed E-state index contributed by atoms with van der Waals surface area (Å²) in [5.41, 5.74) is 0.106. The standard InChI is InChI=1S/C40H48BrN3O7/c1-3-5-21-32(46)50-25-30(26-15-9-6-10-16-26)42-37(47)33-34-38(48)44(31(24-45)27-17-11-7-12-18-27)36(40(34)23-29(41)35(33)51-40)39(49)43(22-4-2)28-19-13-8-14-20-28/h3-4,6-7,9-12,15-18,28-31,33-36,45H,1-2,5,8,13-14,19-25H2,(H,42,47)/t29?,30-,31+,33+,34-,35+,36+,40-/m0/s1. The molecule has 1 saturated carbocycles. The van der Waals surface area contributed by atoms with Crippen LogP contribution in [0.1, 0.15) is 74.6 Å². The number of amides is 3. The molecule has 4 fully saturated rings. The van der Waals surface area contributed by atoms with E-state index in [0.29, 0.717) is 24.9 Å². The fourth-order valence-corrected chi connectivity index (χ4v) is 9.71. The van der Waals surface area contributed by atoms with Gasteiger partial charge in [-0.2, -0.15) is 0 Å². The summed E-state index contributed by atoms with van der Waals surface area (Å²) in [6, 6.07) is 15.8. The van der Waals surface area contributed by atoms with Gasteiger partial charge in [0.25, 0.3) is 0 Å². The number of rotatable bonds is 15. The van der Waals surface area contributed by atoms with Crippen LogP contribution in [0.4, 0.5) is 0 Å². The van der Waals surface area contributed by atoms with Gasteiger partial charge in [-0.3, -0.25) is 19.2 Å². The summed E-state index contributed by atoms with van der Waals surface area (Å²) in [6.45, 7) is 7.40. The van der Waals surface area contributed by atoms with Gasteiger partial charge >= 0.3 is 5.97 Å². The molecule has 2 aromatic carbocycles. The third-order valence-corrected chi connectivity index (χ3v) is 11.9. The van der Waals surface area contributed by atoms with Crippen LogP contribution in [0.3, 0.4) is 0 Å². The quantitative estimate of drug-likeness (QED) is 0.146. The molecule has 1 aliphatic carbocycles. The van der Waals surface area contributed by atoms with Crippen molar-refractivity contribution in [2.24, 2.45) is 11.8 Å². The van der Waals surface area contributed by atoms with Crippen LogP contribution in [0.2, 0.25) is 0 Å². The van der Waals surface area contributed by atoms with Crippen LogP contribution in [0.15, 0.2) is 86.0 Å². The normalized spacial score (nSPS) is 28.1. The zero-order chi connectivity index (χ0) is 36.1. The lowest BCUT2D eigenvalue weighted by Crippen LogP contribution is -2.59. The molecule has 0 aromatic heterocycles. The van der Waals surface area contributed by atoms with E-state index < -0.39 is 66.1 Å². The summed E-state index contributed by atoms with van der Waals surface area (Å²) in [4.78, 5) is 60.1. The highest BCUT2D eigenvalue weighted by Gasteiger charge is 2.77. The number of benzene rings is 2. The molecule has 3 aliphatic heterocycles. The van der Waals surface area contributed by atoms with Crippen molar-refractivity contribution in [1.29, 1.82) is 0 Å². The number of hydrogen-bond acceptors (Lipinski definition) is 7. The Labute approximate surface area is 308 Å². The summed E-state index contributed by atoms with van der Waals surface area (Å²) in [6.07, 6.45) is 8.49. The molecule has 8 atom stereocenters. The first-order valence-corrected chi connectivity index (χ1v) is 19.0. The number of carbonyl (C=O) groups excluding carboxylic acids is 4. The Hall–Kier alpha value is -3.80. The number of aliphatic hydroxyl groups excluding tert-OH is 1.